The molecule has 122 valence electrons. The molecule has 1 aliphatic heterocycles. The number of hydrogen-bond acceptors (Lipinski definition) is 5. The van der Waals surface area contributed by atoms with E-state index in [0.717, 1.165) is 0 Å². The van der Waals surface area contributed by atoms with Crippen LogP contribution >= 0.6 is 0 Å². The summed E-state index contributed by atoms with van der Waals surface area (Å²) in [5, 5.41) is 0. The lowest BCUT2D eigenvalue weighted by Gasteiger charge is -2.30. The zero-order valence-electron chi connectivity index (χ0n) is 14.0. The first kappa shape index (κ1) is 18.0. The van der Waals surface area contributed by atoms with Crippen LogP contribution in [-0.2, 0) is 23.8 Å². The van der Waals surface area contributed by atoms with Gasteiger partial charge in [-0.05, 0) is 33.6 Å². The number of carbonyl (C=O) groups is 2. The molecule has 0 radical (unpaired) electrons. The molecule has 0 amide bonds. The summed E-state index contributed by atoms with van der Waals surface area (Å²) in [6, 6.07) is 0. The highest BCUT2D eigenvalue weighted by Crippen LogP contribution is 2.32. The van der Waals surface area contributed by atoms with Gasteiger partial charge in [-0.2, -0.15) is 0 Å². The fourth-order valence-electron chi connectivity index (χ4n) is 2.20. The van der Waals surface area contributed by atoms with Gasteiger partial charge < -0.3 is 14.2 Å². The van der Waals surface area contributed by atoms with Crippen LogP contribution in [0.25, 0.3) is 0 Å². The summed E-state index contributed by atoms with van der Waals surface area (Å²) in [6.07, 6.45) is 1.16. The lowest BCUT2D eigenvalue weighted by atomic mass is 9.90. The summed E-state index contributed by atoms with van der Waals surface area (Å²) < 4.78 is 16.4. The van der Waals surface area contributed by atoms with Gasteiger partial charge in [0.15, 0.2) is 6.10 Å². The summed E-state index contributed by atoms with van der Waals surface area (Å²) in [4.78, 5) is 24.3. The van der Waals surface area contributed by atoms with Crippen LogP contribution in [0.4, 0.5) is 0 Å². The Hall–Kier alpha value is -1.10. The number of esters is 2. The SMILES string of the molecule is CCC1(C)CC(OC(=O)C(C)(C)CC)CC(OC)C(=O)O1. The van der Waals surface area contributed by atoms with Crippen molar-refractivity contribution in [3.05, 3.63) is 0 Å². The predicted molar refractivity (Wildman–Crippen MR) is 78.8 cm³/mol. The van der Waals surface area contributed by atoms with Gasteiger partial charge in [-0.15, -0.1) is 0 Å². The van der Waals surface area contributed by atoms with E-state index in [1.165, 1.54) is 7.11 Å². The smallest absolute Gasteiger partial charge is 0.335 e. The Bertz CT molecular complexity index is 390. The van der Waals surface area contributed by atoms with Gasteiger partial charge in [-0.1, -0.05) is 13.8 Å². The van der Waals surface area contributed by atoms with Crippen molar-refractivity contribution < 1.29 is 23.8 Å². The van der Waals surface area contributed by atoms with Crippen molar-refractivity contribution in [3.63, 3.8) is 0 Å². The van der Waals surface area contributed by atoms with Crippen molar-refractivity contribution in [1.29, 1.82) is 0 Å². The van der Waals surface area contributed by atoms with Crippen LogP contribution in [0.5, 0.6) is 0 Å². The Balaban J connectivity index is 2.89. The lowest BCUT2D eigenvalue weighted by molar-refractivity contribution is -0.167. The molecule has 1 saturated heterocycles. The van der Waals surface area contributed by atoms with Crippen LogP contribution in [0.1, 0.15) is 60.3 Å². The average Bonchev–Trinajstić information content (AvgIpc) is 2.55. The molecule has 0 spiro atoms. The maximum absolute atomic E-state index is 12.3. The van der Waals surface area contributed by atoms with E-state index in [1.54, 1.807) is 0 Å². The molecule has 21 heavy (non-hydrogen) atoms. The maximum Gasteiger partial charge on any atom is 0.335 e. The van der Waals surface area contributed by atoms with Gasteiger partial charge in [0.1, 0.15) is 11.7 Å². The standard InChI is InChI=1S/C16H28O5/c1-7-15(3,4)14(18)20-11-9-12(19-6)13(17)21-16(5,8-2)10-11/h11-12H,7-10H2,1-6H3. The molecule has 5 heteroatoms. The number of rotatable bonds is 5. The molecule has 0 bridgehead atoms. The topological polar surface area (TPSA) is 61.8 Å². The molecular formula is C16H28O5. The molecule has 0 aliphatic carbocycles. The first-order chi connectivity index (χ1) is 9.67. The molecule has 1 rings (SSSR count). The van der Waals surface area contributed by atoms with Crippen LogP contribution < -0.4 is 0 Å². The molecule has 0 aromatic carbocycles. The van der Waals surface area contributed by atoms with Crippen LogP contribution in [0.15, 0.2) is 0 Å². The zero-order valence-corrected chi connectivity index (χ0v) is 14.0. The molecule has 3 unspecified atom stereocenters. The van der Waals surface area contributed by atoms with Gasteiger partial charge >= 0.3 is 11.9 Å². The highest BCUT2D eigenvalue weighted by molar-refractivity contribution is 5.77. The number of cyclic esters (lactones) is 1. The van der Waals surface area contributed by atoms with Gasteiger partial charge in [-0.25, -0.2) is 4.79 Å². The monoisotopic (exact) mass is 300 g/mol. The Morgan fingerprint density at radius 1 is 1.43 bits per heavy atom. The van der Waals surface area contributed by atoms with E-state index in [0.29, 0.717) is 25.7 Å². The van der Waals surface area contributed by atoms with E-state index < -0.39 is 17.1 Å². The third-order valence-electron chi connectivity index (χ3n) is 4.49. The van der Waals surface area contributed by atoms with Crippen LogP contribution in [-0.4, -0.2) is 36.9 Å². The number of methoxy groups -OCH3 is 1. The van der Waals surface area contributed by atoms with Crippen molar-refractivity contribution in [2.24, 2.45) is 5.41 Å². The second-order valence-corrected chi connectivity index (χ2v) is 6.65. The number of ether oxygens (including phenoxy) is 3. The normalized spacial score (nSPS) is 30.5. The maximum atomic E-state index is 12.3. The van der Waals surface area contributed by atoms with Crippen molar-refractivity contribution in [2.75, 3.05) is 7.11 Å². The molecule has 5 nitrogen and oxygen atoms in total. The molecule has 0 aromatic rings. The predicted octanol–water partition coefficient (Wildman–Crippen LogP) is 2.86. The lowest BCUT2D eigenvalue weighted by Crippen LogP contribution is -2.36. The zero-order chi connectivity index (χ0) is 16.3. The Morgan fingerprint density at radius 2 is 2.05 bits per heavy atom. The van der Waals surface area contributed by atoms with Gasteiger partial charge in [-0.3, -0.25) is 4.79 Å². The highest BCUT2D eigenvalue weighted by atomic mass is 16.6. The molecule has 1 heterocycles. The largest absolute Gasteiger partial charge is 0.462 e. The molecule has 1 aliphatic rings. The average molecular weight is 300 g/mol. The molecular weight excluding hydrogens is 272 g/mol. The fourth-order valence-corrected chi connectivity index (χ4v) is 2.20. The van der Waals surface area contributed by atoms with E-state index in [2.05, 4.69) is 0 Å². The van der Waals surface area contributed by atoms with Gasteiger partial charge in [0, 0.05) is 20.0 Å². The Labute approximate surface area is 127 Å². The summed E-state index contributed by atoms with van der Waals surface area (Å²) in [7, 11) is 1.47. The van der Waals surface area contributed by atoms with Crippen molar-refractivity contribution in [1.82, 2.24) is 0 Å². The molecule has 3 atom stereocenters. The molecule has 0 aromatic heterocycles. The van der Waals surface area contributed by atoms with Gasteiger partial charge in [0.2, 0.25) is 0 Å². The van der Waals surface area contributed by atoms with Crippen LogP contribution in [0.2, 0.25) is 0 Å². The minimum absolute atomic E-state index is 0.238. The summed E-state index contributed by atoms with van der Waals surface area (Å²) in [6.45, 7) is 9.50. The second kappa shape index (κ2) is 6.77. The van der Waals surface area contributed by atoms with Crippen molar-refractivity contribution in [3.8, 4) is 0 Å². The third kappa shape index (κ3) is 4.43. The van der Waals surface area contributed by atoms with Crippen molar-refractivity contribution in [2.45, 2.75) is 78.1 Å². The fraction of sp³-hybridized carbons (Fsp3) is 0.875. The summed E-state index contributed by atoms with van der Waals surface area (Å²) >= 11 is 0. The number of carbonyl (C=O) groups excluding carboxylic acids is 2. The Kier molecular flexibility index (Phi) is 5.79. The third-order valence-corrected chi connectivity index (χ3v) is 4.49. The summed E-state index contributed by atoms with van der Waals surface area (Å²) in [5.74, 6) is -0.618. The molecule has 0 N–H and O–H groups in total. The first-order valence-electron chi connectivity index (χ1n) is 7.64. The minimum Gasteiger partial charge on any atom is -0.462 e. The quantitative estimate of drug-likeness (QED) is 0.731. The molecule has 1 fully saturated rings. The number of hydrogen-bond donors (Lipinski definition) is 0. The van der Waals surface area contributed by atoms with Crippen molar-refractivity contribution >= 4 is 11.9 Å². The van der Waals surface area contributed by atoms with E-state index in [-0.39, 0.29) is 18.0 Å². The van der Waals surface area contributed by atoms with E-state index >= 15 is 0 Å². The van der Waals surface area contributed by atoms with Crippen LogP contribution in [0.3, 0.4) is 0 Å². The summed E-state index contributed by atoms with van der Waals surface area (Å²) in [5.41, 5.74) is -1.14. The minimum atomic E-state index is -0.680. The first-order valence-corrected chi connectivity index (χ1v) is 7.64. The van der Waals surface area contributed by atoms with Gasteiger partial charge in [0.05, 0.1) is 5.41 Å². The van der Waals surface area contributed by atoms with Gasteiger partial charge in [0.25, 0.3) is 0 Å². The molecule has 0 saturated carbocycles. The second-order valence-electron chi connectivity index (χ2n) is 6.65. The highest BCUT2D eigenvalue weighted by Gasteiger charge is 2.41. The van der Waals surface area contributed by atoms with E-state index in [9.17, 15) is 9.59 Å². The van der Waals surface area contributed by atoms with E-state index in [4.69, 9.17) is 14.2 Å². The Morgan fingerprint density at radius 3 is 2.52 bits per heavy atom. The van der Waals surface area contributed by atoms with Crippen LogP contribution in [0, 0.1) is 5.41 Å². The van der Waals surface area contributed by atoms with E-state index in [1.807, 2.05) is 34.6 Å².